The first-order chi connectivity index (χ1) is 9.58. The minimum Gasteiger partial charge on any atom is -0.867 e. The molecule has 0 heterocycles. The number of hydrogen-bond acceptors (Lipinski definition) is 5. The van der Waals surface area contributed by atoms with Crippen LogP contribution in [0.25, 0.3) is 0 Å². The van der Waals surface area contributed by atoms with Crippen molar-refractivity contribution in [1.82, 2.24) is 0 Å². The summed E-state index contributed by atoms with van der Waals surface area (Å²) in [5, 5.41) is 11.9. The Morgan fingerprint density at radius 2 is 2.05 bits per heavy atom. The molecule has 1 aliphatic carbocycles. The van der Waals surface area contributed by atoms with Crippen LogP contribution in [0.4, 0.5) is 0 Å². The van der Waals surface area contributed by atoms with E-state index in [0.29, 0.717) is 17.7 Å². The Labute approximate surface area is 135 Å². The Bertz CT molecular complexity index is 592. The number of carbonyl (C=O) groups excluding carboxylic acids is 2. The number of methoxy groups -OCH3 is 1. The minimum absolute atomic E-state index is 0. The van der Waals surface area contributed by atoms with Gasteiger partial charge in [0.15, 0.2) is 5.78 Å². The van der Waals surface area contributed by atoms with E-state index in [-0.39, 0.29) is 37.5 Å². The van der Waals surface area contributed by atoms with Gasteiger partial charge in [0, 0.05) is 5.56 Å². The smallest absolute Gasteiger partial charge is 0.867 e. The Kier molecular flexibility index (Phi) is 6.07. The molecule has 0 aliphatic heterocycles. The van der Waals surface area contributed by atoms with Crippen LogP contribution in [0.1, 0.15) is 29.3 Å². The van der Waals surface area contributed by atoms with Gasteiger partial charge in [0.05, 0.1) is 13.7 Å². The zero-order valence-corrected chi connectivity index (χ0v) is 12.4. The predicted octanol–water partition coefficient (Wildman–Crippen LogP) is -1.99. The maximum absolute atomic E-state index is 12.3. The molecule has 0 spiro atoms. The van der Waals surface area contributed by atoms with Gasteiger partial charge >= 0.3 is 24.8 Å². The fraction of sp³-hybridized carbons (Fsp3) is 0.333. The average molecular weight is 282 g/mol. The molecule has 0 atom stereocenters. The molecular formula is C15H15LiO5. The molecule has 2 rings (SSSR count). The normalized spacial score (nSPS) is 15.6. The minimum atomic E-state index is -0.965. The molecular weight excluding hydrogens is 267 g/mol. The summed E-state index contributed by atoms with van der Waals surface area (Å²) in [6, 6.07) is 5.06. The number of allylic oxidation sites excluding steroid dienone is 1. The first-order valence-corrected chi connectivity index (χ1v) is 6.37. The van der Waals surface area contributed by atoms with Crippen LogP contribution in [-0.4, -0.2) is 25.5 Å². The number of Topliss-reactive ketones (excluding diaryl/α,β-unsaturated/α-hetero) is 1. The standard InChI is InChI=1S/C15H16O5.Li/c1-3-20-15(18)14(17)12-6-4-9-8-10(19-2)5-7-11(9)13(12)16;/h5,7-8,17H,3-4,6H2,1-2H3;/q;+1/p-1/b14-12-;. The first-order valence-electron chi connectivity index (χ1n) is 6.37. The van der Waals surface area contributed by atoms with Gasteiger partial charge in [-0.3, -0.25) is 4.79 Å². The van der Waals surface area contributed by atoms with Gasteiger partial charge in [-0.2, -0.15) is 0 Å². The number of esters is 1. The Balaban J connectivity index is 0.00000220. The van der Waals surface area contributed by atoms with Gasteiger partial charge in [-0.1, -0.05) is 0 Å². The molecule has 0 N–H and O–H groups in total. The largest absolute Gasteiger partial charge is 1.00 e. The molecule has 1 aromatic rings. The van der Waals surface area contributed by atoms with Crippen molar-refractivity contribution in [3.05, 3.63) is 40.7 Å². The van der Waals surface area contributed by atoms with Crippen molar-refractivity contribution in [2.45, 2.75) is 19.8 Å². The van der Waals surface area contributed by atoms with Crippen LogP contribution in [0.2, 0.25) is 0 Å². The van der Waals surface area contributed by atoms with Crippen molar-refractivity contribution in [3.8, 4) is 5.75 Å². The topological polar surface area (TPSA) is 75.7 Å². The second-order valence-electron chi connectivity index (χ2n) is 4.38. The van der Waals surface area contributed by atoms with E-state index >= 15 is 0 Å². The number of aryl methyl sites for hydroxylation is 1. The second-order valence-corrected chi connectivity index (χ2v) is 4.38. The molecule has 0 bridgehead atoms. The van der Waals surface area contributed by atoms with E-state index in [1.54, 1.807) is 32.2 Å². The monoisotopic (exact) mass is 282 g/mol. The van der Waals surface area contributed by atoms with Gasteiger partial charge in [0.2, 0.25) is 0 Å². The fourth-order valence-electron chi connectivity index (χ4n) is 2.20. The number of carbonyl (C=O) groups is 2. The molecule has 5 nitrogen and oxygen atoms in total. The third-order valence-corrected chi connectivity index (χ3v) is 3.21. The number of hydrogen-bond donors (Lipinski definition) is 0. The molecule has 106 valence electrons. The van der Waals surface area contributed by atoms with E-state index in [9.17, 15) is 14.7 Å². The molecule has 0 amide bonds. The van der Waals surface area contributed by atoms with Crippen LogP contribution < -0.4 is 28.7 Å². The van der Waals surface area contributed by atoms with Gasteiger partial charge in [-0.25, -0.2) is 4.79 Å². The molecule has 0 aromatic heterocycles. The average Bonchev–Trinajstić information content (AvgIpc) is 2.46. The van der Waals surface area contributed by atoms with E-state index in [1.165, 1.54) is 0 Å². The third-order valence-electron chi connectivity index (χ3n) is 3.21. The van der Waals surface area contributed by atoms with Crippen LogP contribution >= 0.6 is 0 Å². The summed E-state index contributed by atoms with van der Waals surface area (Å²) in [6.07, 6.45) is 0.773. The summed E-state index contributed by atoms with van der Waals surface area (Å²) in [4.78, 5) is 23.7. The summed E-state index contributed by atoms with van der Waals surface area (Å²) >= 11 is 0. The predicted molar refractivity (Wildman–Crippen MR) is 69.3 cm³/mol. The Hall–Kier alpha value is -1.70. The van der Waals surface area contributed by atoms with Crippen molar-refractivity contribution < 1.29 is 43.0 Å². The summed E-state index contributed by atoms with van der Waals surface area (Å²) in [5.74, 6) is -1.53. The Morgan fingerprint density at radius 1 is 1.33 bits per heavy atom. The van der Waals surface area contributed by atoms with E-state index in [2.05, 4.69) is 4.74 Å². The molecule has 0 radical (unpaired) electrons. The van der Waals surface area contributed by atoms with Crippen LogP contribution in [0.5, 0.6) is 5.75 Å². The summed E-state index contributed by atoms with van der Waals surface area (Å²) in [7, 11) is 1.55. The second kappa shape index (κ2) is 7.35. The number of benzene rings is 1. The quantitative estimate of drug-likeness (QED) is 0.277. The molecule has 0 saturated carbocycles. The number of ether oxygens (including phenoxy) is 2. The molecule has 1 aliphatic rings. The van der Waals surface area contributed by atoms with Crippen molar-refractivity contribution in [3.63, 3.8) is 0 Å². The number of fused-ring (bicyclic) bond motifs is 1. The van der Waals surface area contributed by atoms with Crippen molar-refractivity contribution >= 4 is 11.8 Å². The Morgan fingerprint density at radius 3 is 2.67 bits per heavy atom. The molecule has 6 heteroatoms. The number of rotatable bonds is 3. The van der Waals surface area contributed by atoms with Crippen molar-refractivity contribution in [2.75, 3.05) is 13.7 Å². The zero-order chi connectivity index (χ0) is 14.7. The van der Waals surface area contributed by atoms with Gasteiger partial charge in [0.25, 0.3) is 0 Å². The van der Waals surface area contributed by atoms with Crippen LogP contribution in [0, 0.1) is 0 Å². The molecule has 0 saturated heterocycles. The third kappa shape index (κ3) is 3.49. The number of ketones is 1. The van der Waals surface area contributed by atoms with Crippen molar-refractivity contribution in [2.24, 2.45) is 0 Å². The van der Waals surface area contributed by atoms with Crippen molar-refractivity contribution in [1.29, 1.82) is 0 Å². The van der Waals surface area contributed by atoms with E-state index in [0.717, 1.165) is 5.56 Å². The van der Waals surface area contributed by atoms with Gasteiger partial charge in [0.1, 0.15) is 5.75 Å². The molecule has 21 heavy (non-hydrogen) atoms. The van der Waals surface area contributed by atoms with Gasteiger partial charge < -0.3 is 14.6 Å². The zero-order valence-electron chi connectivity index (χ0n) is 12.4. The maximum atomic E-state index is 12.3. The fourth-order valence-corrected chi connectivity index (χ4v) is 2.20. The SMILES string of the molecule is CCOC(=O)/C([O-])=C1\CCc2cc(OC)ccc2C1=O.[Li+]. The maximum Gasteiger partial charge on any atom is 1.00 e. The van der Waals surface area contributed by atoms with Crippen LogP contribution in [-0.2, 0) is 16.0 Å². The summed E-state index contributed by atoms with van der Waals surface area (Å²) in [5.41, 5.74) is 1.28. The van der Waals surface area contributed by atoms with E-state index in [4.69, 9.17) is 4.74 Å². The van der Waals surface area contributed by atoms with Crippen LogP contribution in [0.15, 0.2) is 29.5 Å². The van der Waals surface area contributed by atoms with Gasteiger partial charge in [-0.15, -0.1) is 0 Å². The van der Waals surface area contributed by atoms with E-state index < -0.39 is 17.5 Å². The molecule has 0 fully saturated rings. The molecule has 0 unspecified atom stereocenters. The molecule has 1 aromatic carbocycles. The van der Waals surface area contributed by atoms with Gasteiger partial charge in [-0.05, 0) is 54.9 Å². The first kappa shape index (κ1) is 17.3. The van der Waals surface area contributed by atoms with Crippen LogP contribution in [0.3, 0.4) is 0 Å². The van der Waals surface area contributed by atoms with E-state index in [1.807, 2.05) is 0 Å². The summed E-state index contributed by atoms with van der Waals surface area (Å²) in [6.45, 7) is 1.72. The summed E-state index contributed by atoms with van der Waals surface area (Å²) < 4.78 is 9.75.